The second-order valence-corrected chi connectivity index (χ2v) is 2.78. The zero-order valence-corrected chi connectivity index (χ0v) is 6.39. The Morgan fingerprint density at radius 2 is 2.40 bits per heavy atom. The molecule has 0 N–H and O–H groups in total. The van der Waals surface area contributed by atoms with Crippen LogP contribution in [0, 0.1) is 0 Å². The summed E-state index contributed by atoms with van der Waals surface area (Å²) in [5, 5.41) is 10.6. The average molecular weight is 137 g/mol. The highest BCUT2D eigenvalue weighted by atomic mass is 16.3. The van der Waals surface area contributed by atoms with E-state index in [1.807, 2.05) is 0 Å². The van der Waals surface area contributed by atoms with Crippen molar-refractivity contribution in [1.82, 2.24) is 0 Å². The zero-order chi connectivity index (χ0) is 7.40. The van der Waals surface area contributed by atoms with E-state index in [9.17, 15) is 5.11 Å². The van der Waals surface area contributed by atoms with Crippen molar-refractivity contribution in [3.05, 3.63) is 23.5 Å². The predicted octanol–water partition coefficient (Wildman–Crippen LogP) is 2.82. The van der Waals surface area contributed by atoms with Crippen LogP contribution in [0.5, 0.6) is 0 Å². The van der Waals surface area contributed by atoms with E-state index in [0.29, 0.717) is 0 Å². The smallest absolute Gasteiger partial charge is 0.152 e. The standard InChI is InChI=1S/C9H13O/c1-8(10)7-9-5-3-2-4-6-9/h5,7H,2-4,6H2,1H3. The van der Waals surface area contributed by atoms with Crippen LogP contribution in [0.3, 0.4) is 0 Å². The van der Waals surface area contributed by atoms with Crippen molar-refractivity contribution in [2.45, 2.75) is 32.6 Å². The Bertz CT molecular complexity index is 162. The first kappa shape index (κ1) is 7.39. The van der Waals surface area contributed by atoms with Crippen LogP contribution in [-0.2, 0) is 5.11 Å². The topological polar surface area (TPSA) is 19.9 Å². The van der Waals surface area contributed by atoms with Crippen LogP contribution in [-0.4, -0.2) is 0 Å². The summed E-state index contributed by atoms with van der Waals surface area (Å²) >= 11 is 0. The fourth-order valence-corrected chi connectivity index (χ4v) is 1.26. The maximum Gasteiger partial charge on any atom is 0.152 e. The number of hydrogen-bond acceptors (Lipinski definition) is 0. The Morgan fingerprint density at radius 3 is 2.90 bits per heavy atom. The van der Waals surface area contributed by atoms with Crippen LogP contribution in [0.25, 0.3) is 0 Å². The summed E-state index contributed by atoms with van der Waals surface area (Å²) in [6.45, 7) is 1.61. The predicted molar refractivity (Wildman–Crippen MR) is 41.0 cm³/mol. The van der Waals surface area contributed by atoms with Gasteiger partial charge in [-0.1, -0.05) is 6.08 Å². The highest BCUT2D eigenvalue weighted by Gasteiger charge is 2.00. The van der Waals surface area contributed by atoms with Gasteiger partial charge in [-0.15, -0.1) is 0 Å². The zero-order valence-electron chi connectivity index (χ0n) is 6.39. The number of allylic oxidation sites excluding steroid dienone is 4. The van der Waals surface area contributed by atoms with Gasteiger partial charge in [0.25, 0.3) is 0 Å². The summed E-state index contributed by atoms with van der Waals surface area (Å²) in [6, 6.07) is 0. The molecule has 1 rings (SSSR count). The van der Waals surface area contributed by atoms with Crippen molar-refractivity contribution < 1.29 is 5.11 Å². The van der Waals surface area contributed by atoms with Gasteiger partial charge < -0.3 is 0 Å². The van der Waals surface area contributed by atoms with E-state index in [1.165, 1.54) is 18.4 Å². The van der Waals surface area contributed by atoms with Gasteiger partial charge in [-0.05, 0) is 44.3 Å². The Balaban J connectivity index is 2.54. The van der Waals surface area contributed by atoms with Crippen molar-refractivity contribution >= 4 is 0 Å². The summed E-state index contributed by atoms with van der Waals surface area (Å²) < 4.78 is 0. The van der Waals surface area contributed by atoms with E-state index in [-0.39, 0.29) is 5.76 Å². The molecular formula is C9H13O. The van der Waals surface area contributed by atoms with Gasteiger partial charge in [0.05, 0.1) is 0 Å². The first-order valence-electron chi connectivity index (χ1n) is 3.83. The molecular weight excluding hydrogens is 124 g/mol. The van der Waals surface area contributed by atoms with Crippen molar-refractivity contribution in [3.63, 3.8) is 0 Å². The van der Waals surface area contributed by atoms with E-state index in [4.69, 9.17) is 0 Å². The molecule has 0 fully saturated rings. The van der Waals surface area contributed by atoms with E-state index >= 15 is 0 Å². The second kappa shape index (κ2) is 3.45. The highest BCUT2D eigenvalue weighted by molar-refractivity contribution is 5.21. The lowest BCUT2D eigenvalue weighted by Crippen LogP contribution is -1.88. The molecule has 0 heterocycles. The van der Waals surface area contributed by atoms with E-state index in [0.717, 1.165) is 12.8 Å². The highest BCUT2D eigenvalue weighted by Crippen LogP contribution is 2.18. The van der Waals surface area contributed by atoms with Crippen molar-refractivity contribution in [2.75, 3.05) is 0 Å². The molecule has 1 heteroatoms. The molecule has 0 bridgehead atoms. The molecule has 0 aromatic heterocycles. The summed E-state index contributed by atoms with van der Waals surface area (Å²) in [6.07, 6.45) is 8.70. The molecule has 0 saturated carbocycles. The summed E-state index contributed by atoms with van der Waals surface area (Å²) in [5.74, 6) is 0.174. The third-order valence-corrected chi connectivity index (χ3v) is 1.71. The van der Waals surface area contributed by atoms with Gasteiger partial charge in [-0.3, -0.25) is 5.11 Å². The fraction of sp³-hybridized carbons (Fsp3) is 0.556. The molecule has 0 unspecified atom stereocenters. The number of rotatable bonds is 1. The monoisotopic (exact) mass is 137 g/mol. The molecule has 0 spiro atoms. The molecule has 0 aromatic rings. The van der Waals surface area contributed by atoms with Crippen LogP contribution in [0.15, 0.2) is 23.5 Å². The Morgan fingerprint density at radius 1 is 1.60 bits per heavy atom. The van der Waals surface area contributed by atoms with Gasteiger partial charge in [0.2, 0.25) is 0 Å². The molecule has 1 aliphatic rings. The second-order valence-electron chi connectivity index (χ2n) is 2.78. The molecule has 0 amide bonds. The summed E-state index contributed by atoms with van der Waals surface area (Å²) in [7, 11) is 0. The molecule has 0 atom stereocenters. The largest absolute Gasteiger partial charge is 0.295 e. The van der Waals surface area contributed by atoms with Gasteiger partial charge in [0.15, 0.2) is 5.76 Å². The summed E-state index contributed by atoms with van der Waals surface area (Å²) in [5.41, 5.74) is 1.23. The molecule has 1 aliphatic carbocycles. The average Bonchev–Trinajstić information content (AvgIpc) is 1.88. The third-order valence-electron chi connectivity index (χ3n) is 1.71. The minimum Gasteiger partial charge on any atom is -0.295 e. The van der Waals surface area contributed by atoms with Crippen LogP contribution in [0.4, 0.5) is 0 Å². The van der Waals surface area contributed by atoms with E-state index in [1.54, 1.807) is 13.0 Å². The minimum atomic E-state index is 0.174. The molecule has 0 aromatic carbocycles. The van der Waals surface area contributed by atoms with Gasteiger partial charge in [0.1, 0.15) is 0 Å². The third kappa shape index (κ3) is 2.26. The first-order chi connectivity index (χ1) is 4.79. The lowest BCUT2D eigenvalue weighted by molar-refractivity contribution is 0.299. The van der Waals surface area contributed by atoms with Gasteiger partial charge >= 0.3 is 0 Å². The molecule has 1 radical (unpaired) electrons. The molecule has 0 saturated heterocycles. The van der Waals surface area contributed by atoms with E-state index in [2.05, 4.69) is 6.08 Å². The van der Waals surface area contributed by atoms with Crippen LogP contribution in [0.2, 0.25) is 0 Å². The summed E-state index contributed by atoms with van der Waals surface area (Å²) in [4.78, 5) is 0. The first-order valence-corrected chi connectivity index (χ1v) is 3.83. The normalized spacial score (nSPS) is 20.5. The Labute approximate surface area is 62.1 Å². The van der Waals surface area contributed by atoms with Crippen molar-refractivity contribution in [1.29, 1.82) is 0 Å². The van der Waals surface area contributed by atoms with E-state index < -0.39 is 0 Å². The maximum absolute atomic E-state index is 10.6. The SMILES string of the molecule is CC([O])=CC1=CCCCC1. The molecule has 1 nitrogen and oxygen atoms in total. The van der Waals surface area contributed by atoms with Crippen LogP contribution in [0.1, 0.15) is 32.6 Å². The van der Waals surface area contributed by atoms with Gasteiger partial charge in [-0.25, -0.2) is 0 Å². The quantitative estimate of drug-likeness (QED) is 0.495. The Kier molecular flexibility index (Phi) is 2.55. The lowest BCUT2D eigenvalue weighted by Gasteiger charge is -2.07. The van der Waals surface area contributed by atoms with Crippen molar-refractivity contribution in [3.8, 4) is 0 Å². The molecule has 0 aliphatic heterocycles. The van der Waals surface area contributed by atoms with Crippen LogP contribution < -0.4 is 0 Å². The Hall–Kier alpha value is -0.720. The van der Waals surface area contributed by atoms with Gasteiger partial charge in [0, 0.05) is 0 Å². The van der Waals surface area contributed by atoms with Gasteiger partial charge in [-0.2, -0.15) is 0 Å². The molecule has 10 heavy (non-hydrogen) atoms. The van der Waals surface area contributed by atoms with Crippen molar-refractivity contribution in [2.24, 2.45) is 0 Å². The maximum atomic E-state index is 10.6. The molecule has 55 valence electrons. The van der Waals surface area contributed by atoms with Crippen LogP contribution >= 0.6 is 0 Å². The minimum absolute atomic E-state index is 0.174. The fourth-order valence-electron chi connectivity index (χ4n) is 1.26. The number of hydrogen-bond donors (Lipinski definition) is 0. The lowest BCUT2D eigenvalue weighted by atomic mass is 9.99.